The minimum Gasteiger partial charge on any atom is -0.490 e. The summed E-state index contributed by atoms with van der Waals surface area (Å²) in [5.74, 6) is -0.535. The Labute approximate surface area is 323 Å². The second-order valence-electron chi connectivity index (χ2n) is 13.7. The van der Waals surface area contributed by atoms with Gasteiger partial charge in [-0.3, -0.25) is 4.98 Å². The number of aliphatic hydroxyl groups excluding tert-OH is 5. The first-order valence-electron chi connectivity index (χ1n) is 18.0. The molecule has 2 aliphatic carbocycles. The van der Waals surface area contributed by atoms with Crippen molar-refractivity contribution in [1.82, 2.24) is 20.3 Å². The van der Waals surface area contributed by atoms with Gasteiger partial charge in [-0.15, -0.1) is 0 Å². The number of urea groups is 1. The summed E-state index contributed by atoms with van der Waals surface area (Å²) in [4.78, 5) is 28.2. The number of carboxylic acids is 1. The van der Waals surface area contributed by atoms with Crippen LogP contribution in [0.3, 0.4) is 0 Å². The number of pyridine rings is 1. The van der Waals surface area contributed by atoms with E-state index in [2.05, 4.69) is 20.3 Å². The van der Waals surface area contributed by atoms with Gasteiger partial charge in [0.25, 0.3) is 0 Å². The third-order valence-corrected chi connectivity index (χ3v) is 11.3. The monoisotopic (exact) mass is 806 g/mol. The molecular formula is C37H47ClN4O12S. The van der Waals surface area contributed by atoms with Gasteiger partial charge >= 0.3 is 12.0 Å². The van der Waals surface area contributed by atoms with Crippen molar-refractivity contribution in [2.75, 3.05) is 19.7 Å². The van der Waals surface area contributed by atoms with Gasteiger partial charge in [0.1, 0.15) is 30.1 Å². The van der Waals surface area contributed by atoms with E-state index in [4.69, 9.17) is 26.2 Å². The predicted molar refractivity (Wildman–Crippen MR) is 199 cm³/mol. The minimum atomic E-state index is -3.97. The molecule has 5 rings (SSSR count). The molecule has 16 nitrogen and oxygen atoms in total. The fourth-order valence-electron chi connectivity index (χ4n) is 5.89. The summed E-state index contributed by atoms with van der Waals surface area (Å²) >= 11 is 6.56. The van der Waals surface area contributed by atoms with Gasteiger partial charge < -0.3 is 50.7 Å². The number of unbranched alkanes of at least 4 members (excludes halogenated alkanes) is 1. The molecule has 0 unspecified atom stereocenters. The van der Waals surface area contributed by atoms with Crippen molar-refractivity contribution < 1.29 is 58.1 Å². The quantitative estimate of drug-likeness (QED) is 0.0658. The number of halogens is 1. The van der Waals surface area contributed by atoms with E-state index in [9.17, 15) is 43.5 Å². The molecule has 3 aromatic rings. The number of sulfonamides is 1. The highest BCUT2D eigenvalue weighted by Crippen LogP contribution is 2.53. The minimum absolute atomic E-state index is 0.0275. The van der Waals surface area contributed by atoms with Crippen molar-refractivity contribution in [3.63, 3.8) is 0 Å². The van der Waals surface area contributed by atoms with E-state index in [0.717, 1.165) is 48.1 Å². The van der Waals surface area contributed by atoms with E-state index in [-0.39, 0.29) is 48.4 Å². The van der Waals surface area contributed by atoms with Gasteiger partial charge in [0.2, 0.25) is 10.0 Å². The number of amides is 2. The molecule has 0 bridgehead atoms. The maximum atomic E-state index is 13.0. The molecule has 1 heterocycles. The number of benzene rings is 2. The van der Waals surface area contributed by atoms with E-state index in [0.29, 0.717) is 5.56 Å². The Bertz CT molecular complexity index is 1900. The van der Waals surface area contributed by atoms with Gasteiger partial charge in [0, 0.05) is 41.6 Å². The molecule has 9 N–H and O–H groups in total. The zero-order valence-electron chi connectivity index (χ0n) is 29.9. The third kappa shape index (κ3) is 11.3. The fraction of sp³-hybridized carbons (Fsp3) is 0.486. The van der Waals surface area contributed by atoms with Crippen molar-refractivity contribution in [2.24, 2.45) is 0 Å². The van der Waals surface area contributed by atoms with Crippen LogP contribution in [0.5, 0.6) is 5.75 Å². The number of carbonyl (C=O) groups is 2. The van der Waals surface area contributed by atoms with E-state index in [1.807, 2.05) is 36.5 Å². The molecule has 0 radical (unpaired) electrons. The molecule has 2 fully saturated rings. The van der Waals surface area contributed by atoms with Crippen molar-refractivity contribution in [3.05, 3.63) is 77.1 Å². The standard InChI is InChI=1S/C37H47ClN4O12S/c38-28-17-24(55(51,52)41-15-4-3-6-29(35(48)49)42-36(50)40-19-30(44)33(46)34(47)31(45)20-43)11-8-22(28)21-53-37(13-14-37)27-18-39-16-12-25(27)26-5-1-2-7-32(26)54-23-9-10-23/h1-2,5,7-8,11-12,16-18,23,29-31,33-34,41,43-47H,3-4,6,9-10,13-15,19-21H2,(H,48,49)(H2,40,42,50)/t29-,30-,31+,33+,34+/m0/s1. The zero-order valence-corrected chi connectivity index (χ0v) is 31.5. The Morgan fingerprint density at radius 1 is 0.982 bits per heavy atom. The van der Waals surface area contributed by atoms with Gasteiger partial charge in [-0.05, 0) is 80.3 Å². The molecule has 2 aromatic carbocycles. The van der Waals surface area contributed by atoms with Crippen molar-refractivity contribution in [3.8, 4) is 16.9 Å². The lowest BCUT2D eigenvalue weighted by molar-refractivity contribution is -0.139. The molecule has 5 atom stereocenters. The summed E-state index contributed by atoms with van der Waals surface area (Å²) < 4.78 is 41.2. The number of nitrogens with zero attached hydrogens (tertiary/aromatic N) is 1. The molecule has 0 aliphatic heterocycles. The van der Waals surface area contributed by atoms with Crippen LogP contribution in [-0.4, -0.2) is 112 Å². The Hall–Kier alpha value is -3.91. The first kappa shape index (κ1) is 42.2. The Kier molecular flexibility index (Phi) is 14.5. The first-order valence-corrected chi connectivity index (χ1v) is 19.8. The van der Waals surface area contributed by atoms with Crippen LogP contribution < -0.4 is 20.1 Å². The van der Waals surface area contributed by atoms with Crippen molar-refractivity contribution in [1.29, 1.82) is 0 Å². The summed E-state index contributed by atoms with van der Waals surface area (Å²) in [6.07, 6.45) is 0.575. The lowest BCUT2D eigenvalue weighted by Gasteiger charge is -2.26. The molecule has 1 aromatic heterocycles. The van der Waals surface area contributed by atoms with E-state index in [1.165, 1.54) is 12.1 Å². The maximum absolute atomic E-state index is 13.0. The Balaban J connectivity index is 1.09. The summed E-state index contributed by atoms with van der Waals surface area (Å²) in [6, 6.07) is 11.9. The largest absolute Gasteiger partial charge is 0.490 e. The molecule has 55 heavy (non-hydrogen) atoms. The number of aliphatic carboxylic acids is 1. The van der Waals surface area contributed by atoms with Crippen LogP contribution in [0.25, 0.3) is 11.1 Å². The smallest absolute Gasteiger partial charge is 0.326 e. The number of hydrogen-bond acceptors (Lipinski definition) is 12. The van der Waals surface area contributed by atoms with Crippen molar-refractivity contribution >= 4 is 33.6 Å². The number of rotatable bonds is 22. The molecular weight excluding hydrogens is 760 g/mol. The number of aromatic nitrogens is 1. The van der Waals surface area contributed by atoms with E-state index >= 15 is 0 Å². The summed E-state index contributed by atoms with van der Waals surface area (Å²) in [5.41, 5.74) is 2.92. The Morgan fingerprint density at radius 3 is 2.38 bits per heavy atom. The second kappa shape index (κ2) is 18.8. The van der Waals surface area contributed by atoms with Crippen LogP contribution in [0.15, 0.2) is 65.8 Å². The molecule has 0 saturated heterocycles. The topological polar surface area (TPSA) is 257 Å². The molecule has 2 amide bonds. The number of hydrogen-bond donors (Lipinski definition) is 9. The van der Waals surface area contributed by atoms with Crippen LogP contribution in [0, 0.1) is 0 Å². The molecule has 2 aliphatic rings. The number of ether oxygens (including phenoxy) is 2. The number of carbonyl (C=O) groups excluding carboxylic acids is 1. The SMILES string of the molecule is O=C(NC[C@H](O)[C@@H](O)[C@H](O)[C@H](O)CO)N[C@@H](CCCCNS(=O)(=O)c1ccc(COC2(c3cnccc3-c3ccccc3OC3CC3)CC2)c(Cl)c1)C(=O)O. The zero-order chi connectivity index (χ0) is 39.8. The van der Waals surface area contributed by atoms with Gasteiger partial charge in [-0.25, -0.2) is 22.7 Å². The summed E-state index contributed by atoms with van der Waals surface area (Å²) in [5, 5.41) is 61.8. The highest BCUT2D eigenvalue weighted by Gasteiger charge is 2.48. The van der Waals surface area contributed by atoms with Crippen LogP contribution in [-0.2, 0) is 31.8 Å². The fourth-order valence-corrected chi connectivity index (χ4v) is 7.29. The molecule has 18 heteroatoms. The predicted octanol–water partition coefficient (Wildman–Crippen LogP) is 1.79. The lowest BCUT2D eigenvalue weighted by Crippen LogP contribution is -2.52. The van der Waals surface area contributed by atoms with Crippen LogP contribution in [0.4, 0.5) is 4.79 Å². The van der Waals surface area contributed by atoms with Gasteiger partial charge in [-0.2, -0.15) is 0 Å². The number of nitrogens with one attached hydrogen (secondary N) is 3. The number of para-hydroxylation sites is 1. The highest BCUT2D eigenvalue weighted by atomic mass is 35.5. The van der Waals surface area contributed by atoms with E-state index < -0.39 is 71.2 Å². The van der Waals surface area contributed by atoms with Gasteiger partial charge in [0.15, 0.2) is 0 Å². The number of aliphatic hydroxyl groups is 5. The third-order valence-electron chi connectivity index (χ3n) is 9.46. The first-order chi connectivity index (χ1) is 26.2. The van der Waals surface area contributed by atoms with Crippen LogP contribution in [0.1, 0.15) is 56.1 Å². The van der Waals surface area contributed by atoms with Gasteiger partial charge in [-0.1, -0.05) is 35.9 Å². The van der Waals surface area contributed by atoms with Crippen LogP contribution in [0.2, 0.25) is 5.02 Å². The van der Waals surface area contributed by atoms with E-state index in [1.54, 1.807) is 12.3 Å². The molecule has 0 spiro atoms. The molecule has 300 valence electrons. The van der Waals surface area contributed by atoms with Crippen molar-refractivity contribution in [2.45, 2.75) is 98.6 Å². The molecule has 2 saturated carbocycles. The average molecular weight is 807 g/mol. The highest BCUT2D eigenvalue weighted by molar-refractivity contribution is 7.89. The average Bonchev–Trinajstić information content (AvgIpc) is 4.12. The summed E-state index contributed by atoms with van der Waals surface area (Å²) in [7, 11) is -3.97. The normalized spacial score (nSPS) is 17.7. The summed E-state index contributed by atoms with van der Waals surface area (Å²) in [6.45, 7) is -1.37. The lowest BCUT2D eigenvalue weighted by atomic mass is 9.96. The maximum Gasteiger partial charge on any atom is 0.326 e. The second-order valence-corrected chi connectivity index (χ2v) is 15.9. The number of carboxylic acid groups (broad SMARTS) is 1. The Morgan fingerprint density at radius 2 is 1.71 bits per heavy atom. The van der Waals surface area contributed by atoms with Crippen LogP contribution >= 0.6 is 11.6 Å². The van der Waals surface area contributed by atoms with Gasteiger partial charge in [0.05, 0.1) is 35.9 Å².